The number of hydrogen-bond donors (Lipinski definition) is 0. The molecule has 5 rings (SSSR count). The fourth-order valence-electron chi connectivity index (χ4n) is 5.41. The van der Waals surface area contributed by atoms with E-state index in [4.69, 9.17) is 5.10 Å². The van der Waals surface area contributed by atoms with Gasteiger partial charge >= 0.3 is 0 Å². The first-order chi connectivity index (χ1) is 15.5. The molecule has 2 fully saturated rings. The lowest BCUT2D eigenvalue weighted by Crippen LogP contribution is -2.42. The molecule has 1 aliphatic heterocycles. The van der Waals surface area contributed by atoms with Crippen LogP contribution in [0.5, 0.6) is 0 Å². The van der Waals surface area contributed by atoms with Gasteiger partial charge in [-0.2, -0.15) is 5.26 Å². The Morgan fingerprint density at radius 3 is 2.22 bits per heavy atom. The Labute approximate surface area is 191 Å². The predicted molar refractivity (Wildman–Crippen MR) is 130 cm³/mol. The third kappa shape index (κ3) is 4.05. The van der Waals surface area contributed by atoms with Gasteiger partial charge in [-0.15, -0.1) is 5.10 Å². The quantitative estimate of drug-likeness (QED) is 0.481. The number of hydrogen-bond acceptors (Lipinski definition) is 3. The van der Waals surface area contributed by atoms with Gasteiger partial charge in [0.2, 0.25) is 0 Å². The Kier molecular flexibility index (Phi) is 5.51. The Hall–Kier alpha value is -3.06. The van der Waals surface area contributed by atoms with Crippen LogP contribution in [0.25, 0.3) is 16.9 Å². The molecule has 3 aromatic rings. The van der Waals surface area contributed by atoms with Gasteiger partial charge in [-0.05, 0) is 68.2 Å². The summed E-state index contributed by atoms with van der Waals surface area (Å²) in [6.45, 7) is 6.70. The van der Waals surface area contributed by atoms with Crippen molar-refractivity contribution in [1.82, 2.24) is 9.78 Å². The van der Waals surface area contributed by atoms with E-state index in [1.54, 1.807) is 0 Å². The van der Waals surface area contributed by atoms with E-state index < -0.39 is 0 Å². The van der Waals surface area contributed by atoms with Crippen molar-refractivity contribution in [2.45, 2.75) is 52.4 Å². The first-order valence-corrected chi connectivity index (χ1v) is 12.0. The highest BCUT2D eigenvalue weighted by Crippen LogP contribution is 2.46. The van der Waals surface area contributed by atoms with Crippen LogP contribution in [-0.4, -0.2) is 22.9 Å². The summed E-state index contributed by atoms with van der Waals surface area (Å²) in [4.78, 5) is 2.47. The van der Waals surface area contributed by atoms with Crippen LogP contribution in [0.4, 0.5) is 5.82 Å². The van der Waals surface area contributed by atoms with Crippen molar-refractivity contribution in [3.05, 3.63) is 65.7 Å². The van der Waals surface area contributed by atoms with Crippen molar-refractivity contribution in [2.24, 2.45) is 11.3 Å². The zero-order valence-electron chi connectivity index (χ0n) is 19.2. The molecule has 1 saturated carbocycles. The molecule has 0 unspecified atom stereocenters. The van der Waals surface area contributed by atoms with Crippen LogP contribution >= 0.6 is 0 Å². The minimum atomic E-state index is 0.568. The number of rotatable bonds is 3. The molecule has 4 heteroatoms. The first-order valence-electron chi connectivity index (χ1n) is 12.0. The Morgan fingerprint density at radius 2 is 1.59 bits per heavy atom. The van der Waals surface area contributed by atoms with E-state index in [1.165, 1.54) is 44.1 Å². The third-order valence-electron chi connectivity index (χ3n) is 7.77. The molecule has 1 saturated heterocycles. The molecule has 164 valence electrons. The summed E-state index contributed by atoms with van der Waals surface area (Å²) in [5.74, 6) is 1.96. The predicted octanol–water partition coefficient (Wildman–Crippen LogP) is 6.52. The van der Waals surface area contributed by atoms with Gasteiger partial charge in [0.1, 0.15) is 0 Å². The summed E-state index contributed by atoms with van der Waals surface area (Å²) in [5, 5.41) is 14.2. The standard InChI is InChI=1S/C28H32N4/c1-21-3-7-24(8-4-21)26-19-27(30-32(26)25-9-5-23(20-29)6-10-25)31-17-15-28(16-18-31)13-11-22(2)12-14-28/h3-10,19,22H,11-18H2,1-2H3. The van der Waals surface area contributed by atoms with Crippen LogP contribution in [0.3, 0.4) is 0 Å². The van der Waals surface area contributed by atoms with E-state index >= 15 is 0 Å². The fourth-order valence-corrected chi connectivity index (χ4v) is 5.41. The Balaban J connectivity index is 1.44. The van der Waals surface area contributed by atoms with Crippen LogP contribution in [-0.2, 0) is 0 Å². The highest BCUT2D eigenvalue weighted by atomic mass is 15.4. The van der Waals surface area contributed by atoms with Gasteiger partial charge < -0.3 is 4.90 Å². The number of aryl methyl sites for hydroxylation is 1. The Bertz CT molecular complexity index is 1100. The zero-order chi connectivity index (χ0) is 22.1. The molecule has 0 atom stereocenters. The lowest BCUT2D eigenvalue weighted by molar-refractivity contribution is 0.119. The molecule has 0 radical (unpaired) electrons. The van der Waals surface area contributed by atoms with Crippen molar-refractivity contribution < 1.29 is 0 Å². The molecular weight excluding hydrogens is 392 g/mol. The molecule has 0 amide bonds. The SMILES string of the molecule is Cc1ccc(-c2cc(N3CCC4(CCC(C)CC4)CC3)nn2-c2ccc(C#N)cc2)cc1. The summed E-state index contributed by atoms with van der Waals surface area (Å²) >= 11 is 0. The van der Waals surface area contributed by atoms with Gasteiger partial charge in [-0.25, -0.2) is 4.68 Å². The summed E-state index contributed by atoms with van der Waals surface area (Å²) in [7, 11) is 0. The maximum Gasteiger partial charge on any atom is 0.151 e. The number of nitrogens with zero attached hydrogens (tertiary/aromatic N) is 4. The highest BCUT2D eigenvalue weighted by Gasteiger charge is 2.37. The average molecular weight is 425 g/mol. The van der Waals surface area contributed by atoms with E-state index in [9.17, 15) is 5.26 Å². The average Bonchev–Trinajstić information content (AvgIpc) is 3.27. The van der Waals surface area contributed by atoms with Crippen LogP contribution < -0.4 is 4.90 Å². The van der Waals surface area contributed by atoms with E-state index in [-0.39, 0.29) is 0 Å². The number of piperidine rings is 1. The largest absolute Gasteiger partial charge is 0.355 e. The molecular formula is C28H32N4. The van der Waals surface area contributed by atoms with Gasteiger partial charge in [-0.3, -0.25) is 0 Å². The van der Waals surface area contributed by atoms with Gasteiger partial charge in [0.25, 0.3) is 0 Å². The van der Waals surface area contributed by atoms with Crippen molar-refractivity contribution in [3.8, 4) is 23.0 Å². The molecule has 2 aliphatic rings. The minimum absolute atomic E-state index is 0.568. The van der Waals surface area contributed by atoms with Crippen LogP contribution in [0.15, 0.2) is 54.6 Å². The molecule has 0 N–H and O–H groups in total. The summed E-state index contributed by atoms with van der Waals surface area (Å²) in [6, 6.07) is 20.8. The third-order valence-corrected chi connectivity index (χ3v) is 7.77. The number of benzene rings is 2. The molecule has 2 aromatic carbocycles. The molecule has 32 heavy (non-hydrogen) atoms. The van der Waals surface area contributed by atoms with E-state index in [0.29, 0.717) is 11.0 Å². The second-order valence-electron chi connectivity index (χ2n) is 9.99. The van der Waals surface area contributed by atoms with Gasteiger partial charge in [0.15, 0.2) is 5.82 Å². The summed E-state index contributed by atoms with van der Waals surface area (Å²) in [6.07, 6.45) is 8.15. The van der Waals surface area contributed by atoms with Crippen molar-refractivity contribution in [3.63, 3.8) is 0 Å². The van der Waals surface area contributed by atoms with Crippen LogP contribution in [0.1, 0.15) is 56.6 Å². The lowest BCUT2D eigenvalue weighted by Gasteiger charge is -2.45. The summed E-state index contributed by atoms with van der Waals surface area (Å²) in [5.41, 5.74) is 5.73. The molecule has 1 spiro atoms. The van der Waals surface area contributed by atoms with Crippen molar-refractivity contribution in [1.29, 1.82) is 5.26 Å². The van der Waals surface area contributed by atoms with Gasteiger partial charge in [0, 0.05) is 24.7 Å². The molecule has 1 aliphatic carbocycles. The normalized spacial score (nSPS) is 18.6. The maximum absolute atomic E-state index is 9.17. The second-order valence-corrected chi connectivity index (χ2v) is 9.99. The molecule has 0 bridgehead atoms. The van der Waals surface area contributed by atoms with E-state index in [0.717, 1.165) is 41.8 Å². The number of anilines is 1. The second kappa shape index (κ2) is 8.47. The number of aromatic nitrogens is 2. The number of nitriles is 1. The Morgan fingerprint density at radius 1 is 0.938 bits per heavy atom. The summed E-state index contributed by atoms with van der Waals surface area (Å²) < 4.78 is 2.04. The van der Waals surface area contributed by atoms with Crippen molar-refractivity contribution in [2.75, 3.05) is 18.0 Å². The van der Waals surface area contributed by atoms with E-state index in [2.05, 4.69) is 55.1 Å². The fraction of sp³-hybridized carbons (Fsp3) is 0.429. The topological polar surface area (TPSA) is 44.9 Å². The molecule has 4 nitrogen and oxygen atoms in total. The molecule has 2 heterocycles. The zero-order valence-corrected chi connectivity index (χ0v) is 19.2. The first kappa shape index (κ1) is 20.8. The van der Waals surface area contributed by atoms with Crippen LogP contribution in [0, 0.1) is 29.6 Å². The lowest BCUT2D eigenvalue weighted by atomic mass is 9.66. The van der Waals surface area contributed by atoms with Crippen molar-refractivity contribution >= 4 is 5.82 Å². The van der Waals surface area contributed by atoms with Crippen LogP contribution in [0.2, 0.25) is 0 Å². The molecule has 1 aromatic heterocycles. The highest BCUT2D eigenvalue weighted by molar-refractivity contribution is 5.67. The monoisotopic (exact) mass is 424 g/mol. The maximum atomic E-state index is 9.17. The van der Waals surface area contributed by atoms with E-state index in [1.807, 2.05) is 28.9 Å². The minimum Gasteiger partial charge on any atom is -0.355 e. The smallest absolute Gasteiger partial charge is 0.151 e. The van der Waals surface area contributed by atoms with Gasteiger partial charge in [-0.1, -0.05) is 49.6 Å². The van der Waals surface area contributed by atoms with Gasteiger partial charge in [0.05, 0.1) is 23.0 Å².